The lowest BCUT2D eigenvalue weighted by Crippen LogP contribution is -2.51. The maximum absolute atomic E-state index is 11.1. The van der Waals surface area contributed by atoms with Crippen molar-refractivity contribution in [2.24, 2.45) is 11.8 Å². The van der Waals surface area contributed by atoms with Crippen molar-refractivity contribution in [3.63, 3.8) is 0 Å². The predicted octanol–water partition coefficient (Wildman–Crippen LogP) is 0.781. The fourth-order valence-corrected chi connectivity index (χ4v) is 2.62. The Bertz CT molecular complexity index is 253. The highest BCUT2D eigenvalue weighted by molar-refractivity contribution is 5.70. The van der Waals surface area contributed by atoms with E-state index in [1.165, 1.54) is 12.8 Å². The Morgan fingerprint density at radius 1 is 1.44 bits per heavy atom. The van der Waals surface area contributed by atoms with E-state index in [9.17, 15) is 4.79 Å². The van der Waals surface area contributed by atoms with Crippen LogP contribution in [0.2, 0.25) is 0 Å². The Morgan fingerprint density at radius 2 is 2.19 bits per heavy atom. The van der Waals surface area contributed by atoms with Crippen molar-refractivity contribution in [3.8, 4) is 0 Å². The van der Waals surface area contributed by atoms with Crippen LogP contribution in [0.5, 0.6) is 0 Å². The van der Waals surface area contributed by atoms with E-state index >= 15 is 0 Å². The molecular weight excluding hydrogens is 204 g/mol. The first-order valence-electron chi connectivity index (χ1n) is 6.37. The quantitative estimate of drug-likeness (QED) is 0.727. The number of carboxylic acids is 1. The molecule has 2 rings (SSSR count). The molecule has 92 valence electrons. The summed E-state index contributed by atoms with van der Waals surface area (Å²) in [6.45, 7) is 5.87. The van der Waals surface area contributed by atoms with Gasteiger partial charge < -0.3 is 15.3 Å². The third kappa shape index (κ3) is 3.19. The van der Waals surface area contributed by atoms with E-state index in [2.05, 4.69) is 17.1 Å². The van der Waals surface area contributed by atoms with Crippen LogP contribution in [0.4, 0.5) is 0 Å². The molecule has 4 heteroatoms. The van der Waals surface area contributed by atoms with Crippen molar-refractivity contribution in [2.45, 2.75) is 32.2 Å². The topological polar surface area (TPSA) is 52.6 Å². The van der Waals surface area contributed by atoms with E-state index in [1.807, 2.05) is 0 Å². The van der Waals surface area contributed by atoms with Crippen LogP contribution < -0.4 is 5.32 Å². The molecule has 0 spiro atoms. The van der Waals surface area contributed by atoms with Gasteiger partial charge in [0.25, 0.3) is 0 Å². The normalized spacial score (nSPS) is 31.6. The van der Waals surface area contributed by atoms with Gasteiger partial charge in [0.1, 0.15) is 0 Å². The molecular formula is C12H22N2O2. The molecule has 2 N–H and O–H groups in total. The van der Waals surface area contributed by atoms with Gasteiger partial charge in [0.05, 0.1) is 5.92 Å². The molecule has 1 saturated heterocycles. The number of rotatable bonds is 5. The average molecular weight is 226 g/mol. The minimum atomic E-state index is -0.636. The van der Waals surface area contributed by atoms with Gasteiger partial charge in [-0.1, -0.05) is 6.92 Å². The Kier molecular flexibility index (Phi) is 3.82. The molecule has 0 aromatic rings. The zero-order valence-electron chi connectivity index (χ0n) is 9.98. The maximum atomic E-state index is 11.1. The Balaban J connectivity index is 1.89. The molecule has 0 aromatic carbocycles. The van der Waals surface area contributed by atoms with Gasteiger partial charge in [-0.05, 0) is 31.7 Å². The molecule has 4 nitrogen and oxygen atoms in total. The standard InChI is InChI=1S/C12H22N2O2/c1-2-13-11-5-10(12(15)16)7-14(8-11)6-9-3-4-9/h9-11,13H,2-8H2,1H3,(H,15,16). The Labute approximate surface area is 97.0 Å². The van der Waals surface area contributed by atoms with Crippen LogP contribution >= 0.6 is 0 Å². The first-order valence-corrected chi connectivity index (χ1v) is 6.37. The van der Waals surface area contributed by atoms with E-state index in [0.717, 1.165) is 38.5 Å². The number of piperidine rings is 1. The SMILES string of the molecule is CCNC1CC(C(=O)O)CN(CC2CC2)C1. The number of carbonyl (C=O) groups is 1. The van der Waals surface area contributed by atoms with Crippen LogP contribution in [0.25, 0.3) is 0 Å². The number of likely N-dealkylation sites (N-methyl/N-ethyl adjacent to an activating group) is 1. The first kappa shape index (κ1) is 11.9. The van der Waals surface area contributed by atoms with Crippen molar-refractivity contribution < 1.29 is 9.90 Å². The molecule has 0 amide bonds. The van der Waals surface area contributed by atoms with Gasteiger partial charge in [0.2, 0.25) is 0 Å². The van der Waals surface area contributed by atoms with Gasteiger partial charge in [0, 0.05) is 25.7 Å². The van der Waals surface area contributed by atoms with Crippen molar-refractivity contribution >= 4 is 5.97 Å². The molecule has 16 heavy (non-hydrogen) atoms. The summed E-state index contributed by atoms with van der Waals surface area (Å²) in [5.74, 6) is 0.0229. The molecule has 1 saturated carbocycles. The molecule has 0 aromatic heterocycles. The van der Waals surface area contributed by atoms with Gasteiger partial charge in [-0.15, -0.1) is 0 Å². The molecule has 0 bridgehead atoms. The van der Waals surface area contributed by atoms with E-state index < -0.39 is 5.97 Å². The second-order valence-corrected chi connectivity index (χ2v) is 5.19. The third-order valence-electron chi connectivity index (χ3n) is 3.58. The van der Waals surface area contributed by atoms with Crippen LogP contribution in [-0.2, 0) is 4.79 Å². The van der Waals surface area contributed by atoms with Crippen molar-refractivity contribution in [2.75, 3.05) is 26.2 Å². The van der Waals surface area contributed by atoms with Crippen LogP contribution in [-0.4, -0.2) is 48.2 Å². The van der Waals surface area contributed by atoms with E-state index in [-0.39, 0.29) is 5.92 Å². The molecule has 2 fully saturated rings. The zero-order valence-corrected chi connectivity index (χ0v) is 9.98. The van der Waals surface area contributed by atoms with Crippen molar-refractivity contribution in [1.82, 2.24) is 10.2 Å². The number of aliphatic carboxylic acids is 1. The van der Waals surface area contributed by atoms with Gasteiger partial charge in [-0.25, -0.2) is 0 Å². The molecule has 2 unspecified atom stereocenters. The number of carboxylic acid groups (broad SMARTS) is 1. The molecule has 2 aliphatic rings. The monoisotopic (exact) mass is 226 g/mol. The number of nitrogens with zero attached hydrogens (tertiary/aromatic N) is 1. The summed E-state index contributed by atoms with van der Waals surface area (Å²) in [5, 5.41) is 12.5. The summed E-state index contributed by atoms with van der Waals surface area (Å²) < 4.78 is 0. The van der Waals surface area contributed by atoms with Gasteiger partial charge >= 0.3 is 5.97 Å². The number of nitrogens with one attached hydrogen (secondary N) is 1. The lowest BCUT2D eigenvalue weighted by Gasteiger charge is -2.36. The maximum Gasteiger partial charge on any atom is 0.307 e. The Morgan fingerprint density at radius 3 is 2.75 bits per heavy atom. The highest BCUT2D eigenvalue weighted by Crippen LogP contribution is 2.31. The van der Waals surface area contributed by atoms with Crippen LogP contribution in [0.3, 0.4) is 0 Å². The first-order chi connectivity index (χ1) is 7.69. The summed E-state index contributed by atoms with van der Waals surface area (Å²) in [6.07, 6.45) is 3.45. The van der Waals surface area contributed by atoms with E-state index in [4.69, 9.17) is 5.11 Å². The summed E-state index contributed by atoms with van der Waals surface area (Å²) in [7, 11) is 0. The van der Waals surface area contributed by atoms with Gasteiger partial charge in [-0.2, -0.15) is 0 Å². The number of hydrogen-bond acceptors (Lipinski definition) is 3. The van der Waals surface area contributed by atoms with Crippen molar-refractivity contribution in [1.29, 1.82) is 0 Å². The fourth-order valence-electron chi connectivity index (χ4n) is 2.62. The van der Waals surface area contributed by atoms with Crippen LogP contribution in [0, 0.1) is 11.8 Å². The minimum absolute atomic E-state index is 0.184. The summed E-state index contributed by atoms with van der Waals surface area (Å²) >= 11 is 0. The largest absolute Gasteiger partial charge is 0.481 e. The number of hydrogen-bond donors (Lipinski definition) is 2. The molecule has 1 aliphatic carbocycles. The predicted molar refractivity (Wildman–Crippen MR) is 62.4 cm³/mol. The number of likely N-dealkylation sites (tertiary alicyclic amines) is 1. The second kappa shape index (κ2) is 5.15. The lowest BCUT2D eigenvalue weighted by molar-refractivity contribution is -0.144. The molecule has 1 heterocycles. The van der Waals surface area contributed by atoms with Crippen LogP contribution in [0.15, 0.2) is 0 Å². The third-order valence-corrected chi connectivity index (χ3v) is 3.58. The summed E-state index contributed by atoms with van der Waals surface area (Å²) in [6, 6.07) is 0.360. The molecule has 1 aliphatic heterocycles. The highest BCUT2D eigenvalue weighted by Gasteiger charge is 2.33. The second-order valence-electron chi connectivity index (χ2n) is 5.19. The minimum Gasteiger partial charge on any atom is -0.481 e. The van der Waals surface area contributed by atoms with Crippen LogP contribution in [0.1, 0.15) is 26.2 Å². The van der Waals surface area contributed by atoms with Crippen molar-refractivity contribution in [3.05, 3.63) is 0 Å². The smallest absolute Gasteiger partial charge is 0.307 e. The van der Waals surface area contributed by atoms with E-state index in [0.29, 0.717) is 6.04 Å². The Hall–Kier alpha value is -0.610. The fraction of sp³-hybridized carbons (Fsp3) is 0.917. The van der Waals surface area contributed by atoms with Gasteiger partial charge in [-0.3, -0.25) is 4.79 Å². The summed E-state index contributed by atoms with van der Waals surface area (Å²) in [4.78, 5) is 13.4. The zero-order chi connectivity index (χ0) is 11.5. The lowest BCUT2D eigenvalue weighted by atomic mass is 9.94. The molecule has 2 atom stereocenters. The highest BCUT2D eigenvalue weighted by atomic mass is 16.4. The summed E-state index contributed by atoms with van der Waals surface area (Å²) in [5.41, 5.74) is 0. The van der Waals surface area contributed by atoms with Gasteiger partial charge in [0.15, 0.2) is 0 Å². The average Bonchev–Trinajstić information content (AvgIpc) is 3.01. The van der Waals surface area contributed by atoms with E-state index in [1.54, 1.807) is 0 Å². The molecule has 0 radical (unpaired) electrons.